The highest BCUT2D eigenvalue weighted by molar-refractivity contribution is 5.83. The van der Waals surface area contributed by atoms with Crippen LogP contribution in [-0.4, -0.2) is 42.0 Å². The van der Waals surface area contributed by atoms with Crippen LogP contribution in [0.4, 0.5) is 10.2 Å². The number of rotatable bonds is 2. The van der Waals surface area contributed by atoms with Crippen molar-refractivity contribution in [2.75, 3.05) is 31.1 Å². The summed E-state index contributed by atoms with van der Waals surface area (Å²) in [7, 11) is 0. The lowest BCUT2D eigenvalue weighted by molar-refractivity contribution is -0.156. The van der Waals surface area contributed by atoms with E-state index in [4.69, 9.17) is 0 Å². The summed E-state index contributed by atoms with van der Waals surface area (Å²) < 4.78 is 13.1. The predicted molar refractivity (Wildman–Crippen MR) is 101 cm³/mol. The summed E-state index contributed by atoms with van der Waals surface area (Å²) in [6.45, 7) is 3.69. The molecule has 144 valence electrons. The number of pyridine rings is 1. The molecular formula is C22H28FN3O. The van der Waals surface area contributed by atoms with Gasteiger partial charge >= 0.3 is 0 Å². The molecule has 4 nitrogen and oxygen atoms in total. The molecule has 4 bridgehead atoms. The normalized spacial score (nSPS) is 42.0. The lowest BCUT2D eigenvalue weighted by atomic mass is 9.49. The molecule has 6 aliphatic rings. The smallest absolute Gasteiger partial charge is 0.228 e. The number of hydrogen-bond acceptors (Lipinski definition) is 3. The molecule has 4 saturated carbocycles. The van der Waals surface area contributed by atoms with Gasteiger partial charge in [0.25, 0.3) is 0 Å². The molecule has 7 rings (SSSR count). The van der Waals surface area contributed by atoms with Crippen LogP contribution in [0, 0.1) is 40.8 Å². The van der Waals surface area contributed by atoms with E-state index < -0.39 is 0 Å². The van der Waals surface area contributed by atoms with Gasteiger partial charge in [0.05, 0.1) is 11.6 Å². The zero-order chi connectivity index (χ0) is 18.2. The zero-order valence-electron chi connectivity index (χ0n) is 15.8. The maximum Gasteiger partial charge on any atom is 0.228 e. The largest absolute Gasteiger partial charge is 0.356 e. The summed E-state index contributed by atoms with van der Waals surface area (Å²) >= 11 is 0. The quantitative estimate of drug-likeness (QED) is 0.802. The van der Waals surface area contributed by atoms with Gasteiger partial charge in [-0.1, -0.05) is 0 Å². The second kappa shape index (κ2) is 5.68. The van der Waals surface area contributed by atoms with E-state index in [-0.39, 0.29) is 11.2 Å². The molecule has 6 fully saturated rings. The maximum atomic E-state index is 13.6. The fraction of sp³-hybridized carbons (Fsp3) is 0.727. The molecule has 27 heavy (non-hydrogen) atoms. The molecule has 4 aliphatic carbocycles. The monoisotopic (exact) mass is 369 g/mol. The molecule has 1 aromatic rings. The Morgan fingerprint density at radius 3 is 2.07 bits per heavy atom. The van der Waals surface area contributed by atoms with Crippen molar-refractivity contribution in [2.45, 2.75) is 38.5 Å². The summed E-state index contributed by atoms with van der Waals surface area (Å²) in [5.41, 5.74) is -0.00835. The first-order valence-electron chi connectivity index (χ1n) is 10.7. The van der Waals surface area contributed by atoms with Crippen LogP contribution in [0.15, 0.2) is 18.3 Å². The number of aromatic nitrogens is 1. The van der Waals surface area contributed by atoms with Crippen LogP contribution >= 0.6 is 0 Å². The number of amides is 1. The number of anilines is 1. The van der Waals surface area contributed by atoms with Crippen LogP contribution < -0.4 is 4.90 Å². The van der Waals surface area contributed by atoms with Crippen molar-refractivity contribution in [1.82, 2.24) is 9.88 Å². The van der Waals surface area contributed by atoms with Gasteiger partial charge < -0.3 is 9.80 Å². The van der Waals surface area contributed by atoms with E-state index in [1.54, 1.807) is 6.07 Å². The molecule has 1 amide bonds. The molecule has 2 saturated heterocycles. The molecule has 2 atom stereocenters. The van der Waals surface area contributed by atoms with Gasteiger partial charge in [0.15, 0.2) is 0 Å². The summed E-state index contributed by atoms with van der Waals surface area (Å²) in [5, 5.41) is 0. The van der Waals surface area contributed by atoms with Gasteiger partial charge in [-0.15, -0.1) is 0 Å². The van der Waals surface area contributed by atoms with E-state index in [0.717, 1.165) is 69.0 Å². The van der Waals surface area contributed by atoms with Gasteiger partial charge in [-0.05, 0) is 68.4 Å². The number of fused-ring (bicyclic) bond motifs is 1. The highest BCUT2D eigenvalue weighted by Crippen LogP contribution is 2.60. The summed E-state index contributed by atoms with van der Waals surface area (Å²) in [4.78, 5) is 22.3. The van der Waals surface area contributed by atoms with Crippen LogP contribution in [0.25, 0.3) is 0 Å². The van der Waals surface area contributed by atoms with E-state index in [1.807, 2.05) is 0 Å². The minimum atomic E-state index is -0.287. The van der Waals surface area contributed by atoms with E-state index in [9.17, 15) is 9.18 Å². The number of nitrogens with zero attached hydrogens (tertiary/aromatic N) is 3. The van der Waals surface area contributed by atoms with Crippen LogP contribution in [0.2, 0.25) is 0 Å². The number of carbonyl (C=O) groups is 1. The van der Waals surface area contributed by atoms with Crippen molar-refractivity contribution in [3.8, 4) is 0 Å². The minimum Gasteiger partial charge on any atom is -0.356 e. The van der Waals surface area contributed by atoms with Gasteiger partial charge in [0.2, 0.25) is 5.91 Å². The van der Waals surface area contributed by atoms with Crippen molar-refractivity contribution >= 4 is 11.7 Å². The Balaban J connectivity index is 1.15. The van der Waals surface area contributed by atoms with E-state index >= 15 is 0 Å². The molecule has 0 spiro atoms. The van der Waals surface area contributed by atoms with Gasteiger partial charge in [-0.3, -0.25) is 4.79 Å². The third-order valence-corrected chi connectivity index (χ3v) is 8.30. The maximum absolute atomic E-state index is 13.6. The molecule has 5 heteroatoms. The van der Waals surface area contributed by atoms with E-state index in [0.29, 0.717) is 17.7 Å². The number of hydrogen-bond donors (Lipinski definition) is 0. The van der Waals surface area contributed by atoms with Crippen LogP contribution in [0.5, 0.6) is 0 Å². The standard InChI is InChI=1S/C22H28FN3O/c23-19-1-2-20(24-9-19)25-10-17-12-26(13-18(17)11-25)21(27)22-6-14-3-15(7-22)5-16(4-14)8-22/h1-2,9,14-18H,3-8,10-13H2/t14?,15?,16?,17-,18+,22?. The van der Waals surface area contributed by atoms with Gasteiger partial charge in [-0.25, -0.2) is 9.37 Å². The highest BCUT2D eigenvalue weighted by atomic mass is 19.1. The van der Waals surface area contributed by atoms with Crippen LogP contribution in [-0.2, 0) is 4.79 Å². The Bertz CT molecular complexity index is 714. The van der Waals surface area contributed by atoms with Crippen molar-refractivity contribution < 1.29 is 9.18 Å². The average molecular weight is 369 g/mol. The first kappa shape index (κ1) is 16.3. The number of halogens is 1. The topological polar surface area (TPSA) is 36.4 Å². The average Bonchev–Trinajstić information content (AvgIpc) is 3.19. The Kier molecular flexibility index (Phi) is 3.43. The lowest BCUT2D eigenvalue weighted by Gasteiger charge is -2.56. The Labute approximate surface area is 160 Å². The van der Waals surface area contributed by atoms with Crippen LogP contribution in [0.1, 0.15) is 38.5 Å². The summed E-state index contributed by atoms with van der Waals surface area (Å²) in [6.07, 6.45) is 8.94. The lowest BCUT2D eigenvalue weighted by Crippen LogP contribution is -2.54. The van der Waals surface area contributed by atoms with Gasteiger partial charge in [0, 0.05) is 38.0 Å². The second-order valence-electron chi connectivity index (χ2n) is 10.2. The Morgan fingerprint density at radius 1 is 0.963 bits per heavy atom. The molecule has 3 heterocycles. The number of likely N-dealkylation sites (tertiary alicyclic amines) is 1. The SMILES string of the molecule is O=C(N1C[C@@H]2CN(c3ccc(F)cn3)C[C@@H]2C1)C12CC3CC(CC(C3)C1)C2. The Hall–Kier alpha value is -1.65. The van der Waals surface area contributed by atoms with Crippen molar-refractivity contribution in [1.29, 1.82) is 0 Å². The minimum absolute atomic E-state index is 0.00835. The predicted octanol–water partition coefficient (Wildman–Crippen LogP) is 3.33. The van der Waals surface area contributed by atoms with Gasteiger partial charge in [-0.2, -0.15) is 0 Å². The molecule has 1 aromatic heterocycles. The van der Waals surface area contributed by atoms with Crippen molar-refractivity contribution in [3.63, 3.8) is 0 Å². The van der Waals surface area contributed by atoms with E-state index in [2.05, 4.69) is 14.8 Å². The summed E-state index contributed by atoms with van der Waals surface area (Å²) in [6, 6.07) is 3.26. The molecule has 0 radical (unpaired) electrons. The number of carbonyl (C=O) groups excluding carboxylic acids is 1. The fourth-order valence-electron chi connectivity index (χ4n) is 7.61. The van der Waals surface area contributed by atoms with Crippen molar-refractivity contribution in [2.24, 2.45) is 35.0 Å². The molecule has 0 N–H and O–H groups in total. The first-order valence-corrected chi connectivity index (χ1v) is 10.7. The molecule has 2 aliphatic heterocycles. The third kappa shape index (κ3) is 2.53. The first-order chi connectivity index (χ1) is 13.1. The molecular weight excluding hydrogens is 341 g/mol. The fourth-order valence-corrected chi connectivity index (χ4v) is 7.61. The highest BCUT2D eigenvalue weighted by Gasteiger charge is 2.57. The van der Waals surface area contributed by atoms with Gasteiger partial charge in [0.1, 0.15) is 11.6 Å². The molecule has 0 aromatic carbocycles. The van der Waals surface area contributed by atoms with E-state index in [1.165, 1.54) is 31.5 Å². The Morgan fingerprint density at radius 2 is 1.56 bits per heavy atom. The second-order valence-corrected chi connectivity index (χ2v) is 10.2. The summed E-state index contributed by atoms with van der Waals surface area (Å²) in [5.74, 6) is 4.61. The molecule has 0 unspecified atom stereocenters. The van der Waals surface area contributed by atoms with Crippen molar-refractivity contribution in [3.05, 3.63) is 24.1 Å². The van der Waals surface area contributed by atoms with Crippen LogP contribution in [0.3, 0.4) is 0 Å². The zero-order valence-corrected chi connectivity index (χ0v) is 15.8. The third-order valence-electron chi connectivity index (χ3n) is 8.30.